The van der Waals surface area contributed by atoms with E-state index in [4.69, 9.17) is 14.2 Å². The number of rotatable bonds is 10. The Morgan fingerprint density at radius 1 is 0.800 bits per heavy atom. The van der Waals surface area contributed by atoms with Gasteiger partial charge in [-0.05, 0) is 48.0 Å². The Bertz CT molecular complexity index is 960. The number of benzene rings is 3. The van der Waals surface area contributed by atoms with Crippen LogP contribution < -0.4 is 24.8 Å². The first-order valence-electron chi connectivity index (χ1n) is 9.72. The van der Waals surface area contributed by atoms with Crippen LogP contribution in [0.4, 0.5) is 0 Å². The number of methoxy groups -OCH3 is 2. The zero-order valence-corrected chi connectivity index (χ0v) is 17.2. The first-order chi connectivity index (χ1) is 14.7. The third kappa shape index (κ3) is 5.99. The lowest BCUT2D eigenvalue weighted by molar-refractivity contribution is 0.0953. The van der Waals surface area contributed by atoms with E-state index in [1.165, 1.54) is 0 Å². The van der Waals surface area contributed by atoms with Crippen molar-refractivity contribution in [2.24, 2.45) is 0 Å². The maximum absolute atomic E-state index is 12.3. The van der Waals surface area contributed by atoms with Gasteiger partial charge in [-0.1, -0.05) is 30.3 Å². The van der Waals surface area contributed by atoms with Crippen molar-refractivity contribution < 1.29 is 19.0 Å². The summed E-state index contributed by atoms with van der Waals surface area (Å²) < 4.78 is 16.3. The quantitative estimate of drug-likeness (QED) is 0.498. The monoisotopic (exact) mass is 406 g/mol. The molecular weight excluding hydrogens is 380 g/mol. The number of carbonyl (C=O) groups excluding carboxylic acids is 1. The molecule has 0 aliphatic rings. The van der Waals surface area contributed by atoms with Gasteiger partial charge in [0.05, 0.1) is 14.2 Å². The van der Waals surface area contributed by atoms with Gasteiger partial charge in [0.2, 0.25) is 0 Å². The Morgan fingerprint density at radius 2 is 1.57 bits per heavy atom. The van der Waals surface area contributed by atoms with E-state index in [0.717, 1.165) is 17.1 Å². The molecule has 0 saturated heterocycles. The Balaban J connectivity index is 1.43. The molecule has 1 amide bonds. The third-order valence-electron chi connectivity index (χ3n) is 4.44. The number of para-hydroxylation sites is 1. The molecule has 6 heteroatoms. The predicted octanol–water partition coefficient (Wildman–Crippen LogP) is 4.02. The summed E-state index contributed by atoms with van der Waals surface area (Å²) in [6.07, 6.45) is 0. The zero-order valence-electron chi connectivity index (χ0n) is 17.2. The molecule has 0 heterocycles. The average molecular weight is 406 g/mol. The van der Waals surface area contributed by atoms with E-state index in [2.05, 4.69) is 10.6 Å². The third-order valence-corrected chi connectivity index (χ3v) is 4.44. The van der Waals surface area contributed by atoms with Crippen molar-refractivity contribution in [3.8, 4) is 23.0 Å². The lowest BCUT2D eigenvalue weighted by Gasteiger charge is -2.11. The van der Waals surface area contributed by atoms with E-state index in [-0.39, 0.29) is 5.91 Å². The molecule has 6 nitrogen and oxygen atoms in total. The molecule has 0 unspecified atom stereocenters. The van der Waals surface area contributed by atoms with E-state index < -0.39 is 0 Å². The van der Waals surface area contributed by atoms with E-state index in [9.17, 15) is 4.79 Å². The highest BCUT2D eigenvalue weighted by molar-refractivity contribution is 5.94. The largest absolute Gasteiger partial charge is 0.493 e. The molecule has 0 atom stereocenters. The molecule has 0 aromatic heterocycles. The van der Waals surface area contributed by atoms with Gasteiger partial charge >= 0.3 is 0 Å². The number of hydrogen-bond acceptors (Lipinski definition) is 5. The van der Waals surface area contributed by atoms with Gasteiger partial charge in [0, 0.05) is 25.2 Å². The molecule has 0 bridgehead atoms. The van der Waals surface area contributed by atoms with E-state index in [1.807, 2.05) is 54.6 Å². The molecule has 0 saturated carbocycles. The fourth-order valence-corrected chi connectivity index (χ4v) is 2.92. The number of ether oxygens (including phenoxy) is 3. The van der Waals surface area contributed by atoms with Gasteiger partial charge in [-0.25, -0.2) is 0 Å². The number of carbonyl (C=O) groups is 1. The minimum absolute atomic E-state index is 0.156. The molecule has 0 radical (unpaired) electrons. The molecule has 0 spiro atoms. The summed E-state index contributed by atoms with van der Waals surface area (Å²) in [4.78, 5) is 12.3. The second-order valence-corrected chi connectivity index (χ2v) is 6.56. The standard InChI is InChI=1S/C24H26N2O4/c1-28-22-12-11-19(16-23(22)29-2)24(27)26-14-13-25-17-18-7-6-10-21(15-18)30-20-8-4-3-5-9-20/h3-12,15-16,25H,13-14,17H2,1-2H3,(H,26,27). The van der Waals surface area contributed by atoms with E-state index >= 15 is 0 Å². The molecule has 30 heavy (non-hydrogen) atoms. The van der Waals surface area contributed by atoms with Crippen LogP contribution in [0.2, 0.25) is 0 Å². The molecule has 0 aliphatic carbocycles. The molecule has 2 N–H and O–H groups in total. The topological polar surface area (TPSA) is 68.8 Å². The highest BCUT2D eigenvalue weighted by atomic mass is 16.5. The zero-order chi connectivity index (χ0) is 21.2. The van der Waals surface area contributed by atoms with Crippen LogP contribution in [0.5, 0.6) is 23.0 Å². The summed E-state index contributed by atoms with van der Waals surface area (Å²) >= 11 is 0. The number of hydrogen-bond donors (Lipinski definition) is 2. The first kappa shape index (κ1) is 21.2. The minimum Gasteiger partial charge on any atom is -0.493 e. The fraction of sp³-hybridized carbons (Fsp3) is 0.208. The van der Waals surface area contributed by atoms with Crippen molar-refractivity contribution >= 4 is 5.91 Å². The van der Waals surface area contributed by atoms with Crippen LogP contribution in [0.25, 0.3) is 0 Å². The van der Waals surface area contributed by atoms with Gasteiger partial charge in [-0.2, -0.15) is 0 Å². The highest BCUT2D eigenvalue weighted by Crippen LogP contribution is 2.27. The van der Waals surface area contributed by atoms with Crippen LogP contribution >= 0.6 is 0 Å². The van der Waals surface area contributed by atoms with Gasteiger partial charge in [0.1, 0.15) is 11.5 Å². The number of nitrogens with one attached hydrogen (secondary N) is 2. The van der Waals surface area contributed by atoms with Gasteiger partial charge in [-0.15, -0.1) is 0 Å². The van der Waals surface area contributed by atoms with E-state index in [0.29, 0.717) is 36.7 Å². The second kappa shape index (κ2) is 10.9. The van der Waals surface area contributed by atoms with Crippen molar-refractivity contribution in [2.45, 2.75) is 6.54 Å². The summed E-state index contributed by atoms with van der Waals surface area (Å²) in [6, 6.07) is 22.7. The van der Waals surface area contributed by atoms with Gasteiger partial charge < -0.3 is 24.8 Å². The van der Waals surface area contributed by atoms with Crippen molar-refractivity contribution in [3.63, 3.8) is 0 Å². The van der Waals surface area contributed by atoms with Crippen LogP contribution in [-0.4, -0.2) is 33.2 Å². The second-order valence-electron chi connectivity index (χ2n) is 6.56. The molecule has 0 aliphatic heterocycles. The Morgan fingerprint density at radius 3 is 2.33 bits per heavy atom. The highest BCUT2D eigenvalue weighted by Gasteiger charge is 2.10. The Hall–Kier alpha value is -3.51. The summed E-state index contributed by atoms with van der Waals surface area (Å²) in [6.45, 7) is 1.83. The molecule has 0 fully saturated rings. The minimum atomic E-state index is -0.156. The van der Waals surface area contributed by atoms with Crippen LogP contribution in [0.15, 0.2) is 72.8 Å². The lowest BCUT2D eigenvalue weighted by Crippen LogP contribution is -2.31. The Kier molecular flexibility index (Phi) is 7.69. The summed E-state index contributed by atoms with van der Waals surface area (Å²) in [5.41, 5.74) is 1.63. The number of amides is 1. The average Bonchev–Trinajstić information content (AvgIpc) is 2.79. The molecule has 3 aromatic rings. The van der Waals surface area contributed by atoms with Crippen LogP contribution in [0.1, 0.15) is 15.9 Å². The van der Waals surface area contributed by atoms with Crippen molar-refractivity contribution in [2.75, 3.05) is 27.3 Å². The van der Waals surface area contributed by atoms with Crippen molar-refractivity contribution in [3.05, 3.63) is 83.9 Å². The SMILES string of the molecule is COc1ccc(C(=O)NCCNCc2cccc(Oc3ccccc3)c2)cc1OC. The lowest BCUT2D eigenvalue weighted by atomic mass is 10.2. The van der Waals surface area contributed by atoms with E-state index in [1.54, 1.807) is 32.4 Å². The predicted molar refractivity (Wildman–Crippen MR) is 117 cm³/mol. The van der Waals surface area contributed by atoms with Crippen LogP contribution in [0, 0.1) is 0 Å². The Labute approximate surface area is 176 Å². The van der Waals surface area contributed by atoms with Crippen molar-refractivity contribution in [1.82, 2.24) is 10.6 Å². The summed E-state index contributed by atoms with van der Waals surface area (Å²) in [5, 5.41) is 6.22. The maximum atomic E-state index is 12.3. The molecule has 3 aromatic carbocycles. The fourth-order valence-electron chi connectivity index (χ4n) is 2.92. The summed E-state index contributed by atoms with van der Waals surface area (Å²) in [5.74, 6) is 2.56. The van der Waals surface area contributed by atoms with Crippen molar-refractivity contribution in [1.29, 1.82) is 0 Å². The van der Waals surface area contributed by atoms with Gasteiger partial charge in [0.15, 0.2) is 11.5 Å². The first-order valence-corrected chi connectivity index (χ1v) is 9.72. The smallest absolute Gasteiger partial charge is 0.251 e. The molecule has 3 rings (SSSR count). The van der Waals surface area contributed by atoms with Gasteiger partial charge in [-0.3, -0.25) is 4.79 Å². The molecular formula is C24H26N2O4. The van der Waals surface area contributed by atoms with Crippen LogP contribution in [0.3, 0.4) is 0 Å². The van der Waals surface area contributed by atoms with Crippen LogP contribution in [-0.2, 0) is 6.54 Å². The molecule has 156 valence electrons. The normalized spacial score (nSPS) is 10.3. The summed E-state index contributed by atoms with van der Waals surface area (Å²) in [7, 11) is 3.11. The maximum Gasteiger partial charge on any atom is 0.251 e. The van der Waals surface area contributed by atoms with Gasteiger partial charge in [0.25, 0.3) is 5.91 Å².